The molecule has 4 heteroatoms. The molecule has 3 heterocycles. The number of pyridine rings is 1. The maximum absolute atomic E-state index is 5.19. The van der Waals surface area contributed by atoms with E-state index in [1.54, 1.807) is 6.20 Å². The van der Waals surface area contributed by atoms with Gasteiger partial charge >= 0.3 is 0 Å². The number of nitrogens with zero attached hydrogens (tertiary/aromatic N) is 3. The molecule has 0 saturated heterocycles. The summed E-state index contributed by atoms with van der Waals surface area (Å²) in [4.78, 5) is 14.7. The smallest absolute Gasteiger partial charge is 0.161 e. The molecular formula is C47H33N3S. The van der Waals surface area contributed by atoms with E-state index in [1.807, 2.05) is 41.8 Å². The molecule has 0 saturated carbocycles. The van der Waals surface area contributed by atoms with Gasteiger partial charge in [0, 0.05) is 54.8 Å². The van der Waals surface area contributed by atoms with Crippen molar-refractivity contribution in [1.29, 1.82) is 0 Å². The summed E-state index contributed by atoms with van der Waals surface area (Å²) in [5, 5.41) is 2.61. The summed E-state index contributed by atoms with van der Waals surface area (Å²) in [6.45, 7) is 6.00. The van der Waals surface area contributed by atoms with Crippen molar-refractivity contribution in [1.82, 2.24) is 15.0 Å². The summed E-state index contributed by atoms with van der Waals surface area (Å²) < 4.78 is 2.63. The first-order valence-corrected chi connectivity index (χ1v) is 17.7. The van der Waals surface area contributed by atoms with Crippen molar-refractivity contribution in [3.63, 3.8) is 0 Å². The van der Waals surface area contributed by atoms with Crippen LogP contribution in [0, 0.1) is 0 Å². The topological polar surface area (TPSA) is 38.7 Å². The number of benzene rings is 6. The fourth-order valence-corrected chi connectivity index (χ4v) is 7.60. The van der Waals surface area contributed by atoms with Gasteiger partial charge in [0.05, 0.1) is 11.4 Å². The highest BCUT2D eigenvalue weighted by molar-refractivity contribution is 7.25. The van der Waals surface area contributed by atoms with Gasteiger partial charge in [-0.15, -0.1) is 24.5 Å². The lowest BCUT2D eigenvalue weighted by atomic mass is 9.98. The van der Waals surface area contributed by atoms with Crippen LogP contribution in [0.4, 0.5) is 0 Å². The van der Waals surface area contributed by atoms with Gasteiger partial charge in [0.1, 0.15) is 0 Å². The Kier molecular flexibility index (Phi) is 8.82. The van der Waals surface area contributed by atoms with Gasteiger partial charge in [-0.2, -0.15) is 0 Å². The van der Waals surface area contributed by atoms with Crippen molar-refractivity contribution in [3.05, 3.63) is 189 Å². The summed E-state index contributed by atoms with van der Waals surface area (Å²) >= 11 is 1.85. The predicted molar refractivity (Wildman–Crippen MR) is 217 cm³/mol. The zero-order chi connectivity index (χ0) is 34.6. The maximum atomic E-state index is 5.19. The number of aromatic nitrogens is 3. The molecular weight excluding hydrogens is 639 g/mol. The molecule has 0 radical (unpaired) electrons. The van der Waals surface area contributed by atoms with Crippen LogP contribution >= 0.6 is 11.3 Å². The number of hydrogen-bond donors (Lipinski definition) is 0. The van der Waals surface area contributed by atoms with Gasteiger partial charge in [0.2, 0.25) is 0 Å². The van der Waals surface area contributed by atoms with E-state index >= 15 is 0 Å². The van der Waals surface area contributed by atoms with Crippen molar-refractivity contribution in [2.24, 2.45) is 0 Å². The van der Waals surface area contributed by atoms with Crippen LogP contribution in [0.2, 0.25) is 0 Å². The summed E-state index contributed by atoms with van der Waals surface area (Å²) in [6, 6.07) is 57.7. The molecule has 0 atom stereocenters. The lowest BCUT2D eigenvalue weighted by molar-refractivity contribution is 1.18. The van der Waals surface area contributed by atoms with Gasteiger partial charge in [-0.05, 0) is 58.1 Å². The fourth-order valence-electron chi connectivity index (χ4n) is 6.52. The van der Waals surface area contributed by atoms with Gasteiger partial charge in [0.15, 0.2) is 5.82 Å². The molecule has 0 spiro atoms. The van der Waals surface area contributed by atoms with Gasteiger partial charge in [-0.3, -0.25) is 4.98 Å². The lowest BCUT2D eigenvalue weighted by Gasteiger charge is -2.13. The zero-order valence-electron chi connectivity index (χ0n) is 27.9. The Morgan fingerprint density at radius 2 is 0.922 bits per heavy atom. The van der Waals surface area contributed by atoms with Crippen molar-refractivity contribution in [2.45, 2.75) is 0 Å². The molecule has 0 amide bonds. The summed E-state index contributed by atoms with van der Waals surface area (Å²) in [5.74, 6) is 0.679. The van der Waals surface area contributed by atoms with Crippen molar-refractivity contribution in [2.75, 3.05) is 0 Å². The third-order valence-corrected chi connectivity index (χ3v) is 10.2. The molecule has 0 aliphatic carbocycles. The van der Waals surface area contributed by atoms with E-state index in [2.05, 4.69) is 158 Å². The minimum atomic E-state index is 0.679. The van der Waals surface area contributed by atoms with Crippen LogP contribution in [0.3, 0.4) is 0 Å². The van der Waals surface area contributed by atoms with E-state index in [9.17, 15) is 0 Å². The minimum Gasteiger partial charge on any atom is -0.264 e. The van der Waals surface area contributed by atoms with Crippen molar-refractivity contribution >= 4 is 31.5 Å². The van der Waals surface area contributed by atoms with E-state index in [4.69, 9.17) is 9.97 Å². The first-order chi connectivity index (χ1) is 25.3. The normalized spacial score (nSPS) is 10.9. The van der Waals surface area contributed by atoms with E-state index in [1.165, 1.54) is 42.4 Å². The van der Waals surface area contributed by atoms with Crippen molar-refractivity contribution in [3.8, 4) is 67.3 Å². The first-order valence-electron chi connectivity index (χ1n) is 16.8. The molecule has 9 aromatic rings. The van der Waals surface area contributed by atoms with Crippen molar-refractivity contribution < 1.29 is 0 Å². The van der Waals surface area contributed by atoms with E-state index in [0.29, 0.717) is 5.82 Å². The highest BCUT2D eigenvalue weighted by Crippen LogP contribution is 2.38. The second-order valence-electron chi connectivity index (χ2n) is 12.1. The van der Waals surface area contributed by atoms with Crippen LogP contribution in [0.25, 0.3) is 87.5 Å². The number of fused-ring (bicyclic) bond motifs is 3. The molecule has 0 aliphatic rings. The Labute approximate surface area is 301 Å². The molecule has 9 rings (SSSR count). The average Bonchev–Trinajstić information content (AvgIpc) is 3.60. The molecule has 242 valence electrons. The van der Waals surface area contributed by atoms with E-state index in [0.717, 1.165) is 39.2 Å². The second kappa shape index (κ2) is 14.2. The Morgan fingerprint density at radius 3 is 1.61 bits per heavy atom. The number of rotatable bonds is 6. The summed E-state index contributed by atoms with van der Waals surface area (Å²) in [7, 11) is 0. The molecule has 0 aliphatic heterocycles. The largest absolute Gasteiger partial charge is 0.264 e. The monoisotopic (exact) mass is 671 g/mol. The highest BCUT2D eigenvalue weighted by atomic mass is 32.1. The Balaban J connectivity index is 0.00000184. The van der Waals surface area contributed by atoms with Gasteiger partial charge in [-0.1, -0.05) is 133 Å². The van der Waals surface area contributed by atoms with Gasteiger partial charge < -0.3 is 0 Å². The summed E-state index contributed by atoms with van der Waals surface area (Å²) in [6.07, 6.45) is 3.69. The molecule has 3 aromatic heterocycles. The second-order valence-corrected chi connectivity index (χ2v) is 13.2. The zero-order valence-corrected chi connectivity index (χ0v) is 28.7. The Hall–Kier alpha value is -6.49. The average molecular weight is 672 g/mol. The molecule has 0 fully saturated rings. The Bertz CT molecular complexity index is 2590. The molecule has 0 bridgehead atoms. The molecule has 0 unspecified atom stereocenters. The maximum Gasteiger partial charge on any atom is 0.161 e. The van der Waals surface area contributed by atoms with E-state index in [-0.39, 0.29) is 0 Å². The molecule has 51 heavy (non-hydrogen) atoms. The van der Waals surface area contributed by atoms with Crippen LogP contribution in [0.5, 0.6) is 0 Å². The predicted octanol–water partition coefficient (Wildman–Crippen LogP) is 13.0. The van der Waals surface area contributed by atoms with Crippen LogP contribution in [0.15, 0.2) is 189 Å². The fraction of sp³-hybridized carbons (Fsp3) is 0. The van der Waals surface area contributed by atoms with Crippen LogP contribution in [-0.4, -0.2) is 15.0 Å². The molecule has 3 nitrogen and oxygen atoms in total. The quantitative estimate of drug-likeness (QED) is 0.165. The first kappa shape index (κ1) is 31.8. The van der Waals surface area contributed by atoms with Crippen LogP contribution < -0.4 is 0 Å². The number of hydrogen-bond acceptors (Lipinski definition) is 4. The molecule has 0 N–H and O–H groups in total. The standard InChI is InChI=1S/C45H29N3S.C2H4/c1-2-9-30(10-3-1)31-16-20-33(21-17-31)41-28-42(48-45(47-41)39-14-5-4-12-37(39)36-11-8-26-46-29-36)34-22-18-32(19-23-34)35-24-25-44-40(27-35)38-13-6-7-15-43(38)49-44;1-2/h1-29H;1-2H2. The lowest BCUT2D eigenvalue weighted by Crippen LogP contribution is -1.97. The van der Waals surface area contributed by atoms with Gasteiger partial charge in [-0.25, -0.2) is 9.97 Å². The third kappa shape index (κ3) is 6.37. The van der Waals surface area contributed by atoms with E-state index < -0.39 is 0 Å². The Morgan fingerprint density at radius 1 is 0.392 bits per heavy atom. The van der Waals surface area contributed by atoms with Crippen LogP contribution in [-0.2, 0) is 0 Å². The SMILES string of the molecule is C=C.c1ccc(-c2ccc(-c3cc(-c4ccc(-c5ccc6sc7ccccc7c6c5)cc4)nc(-c4ccccc4-c4cccnc4)n3)cc2)cc1. The highest BCUT2D eigenvalue weighted by Gasteiger charge is 2.15. The minimum absolute atomic E-state index is 0.679. The number of thiophene rings is 1. The summed E-state index contributed by atoms with van der Waals surface area (Å²) in [5.41, 5.74) is 11.6. The third-order valence-electron chi connectivity index (χ3n) is 9.05. The molecule has 6 aromatic carbocycles. The van der Waals surface area contributed by atoms with Gasteiger partial charge in [0.25, 0.3) is 0 Å². The van der Waals surface area contributed by atoms with Crippen LogP contribution in [0.1, 0.15) is 0 Å².